The van der Waals surface area contributed by atoms with E-state index in [1.807, 2.05) is 76.2 Å². The fourth-order valence-electron chi connectivity index (χ4n) is 5.38. The first-order valence-corrected chi connectivity index (χ1v) is 15.2. The number of fused-ring (bicyclic) bond motifs is 2. The number of rotatable bonds is 6. The molecular weight excluding hydrogens is 598 g/mol. The average molecular weight is 628 g/mol. The van der Waals surface area contributed by atoms with Crippen molar-refractivity contribution in [2.45, 2.75) is 39.4 Å². The topological polar surface area (TPSA) is 102 Å². The maximum atomic E-state index is 12.6. The summed E-state index contributed by atoms with van der Waals surface area (Å²) in [5.74, 6) is -0.579. The second-order valence-corrected chi connectivity index (χ2v) is 13.1. The number of aliphatic carboxylic acids is 1. The number of halogens is 1. The van der Waals surface area contributed by atoms with Gasteiger partial charge in [-0.3, -0.25) is 9.78 Å². The highest BCUT2D eigenvalue weighted by atomic mass is 35.5. The standard InChI is InChI=1S/C34H30ClN3O5S/c1-18-15-24-31(28(19-9-11-21(35)12-10-19)27(18)30(33(40)41)43-34(2,3)4)44-32(37-24)20-13-14-36-23(16-20)22-7-6-8-25-29(22)42-17-26(39)38(25)5/h6-16,30H,17H2,1-5H3,(H,40,41). The van der Waals surface area contributed by atoms with E-state index < -0.39 is 17.7 Å². The maximum Gasteiger partial charge on any atom is 0.337 e. The molecular formula is C34H30ClN3O5S. The van der Waals surface area contributed by atoms with E-state index in [0.717, 1.165) is 43.0 Å². The lowest BCUT2D eigenvalue weighted by atomic mass is 9.91. The van der Waals surface area contributed by atoms with E-state index in [1.54, 1.807) is 30.3 Å². The monoisotopic (exact) mass is 627 g/mol. The van der Waals surface area contributed by atoms with Gasteiger partial charge in [0.25, 0.3) is 5.91 Å². The number of carboxylic acid groups (broad SMARTS) is 1. The number of pyridine rings is 1. The summed E-state index contributed by atoms with van der Waals surface area (Å²) in [6.45, 7) is 7.38. The molecule has 1 unspecified atom stereocenters. The predicted molar refractivity (Wildman–Crippen MR) is 174 cm³/mol. The van der Waals surface area contributed by atoms with E-state index in [0.29, 0.717) is 27.7 Å². The Morgan fingerprint density at radius 3 is 2.57 bits per heavy atom. The van der Waals surface area contributed by atoms with E-state index in [-0.39, 0.29) is 12.5 Å². The highest BCUT2D eigenvalue weighted by Gasteiger charge is 2.32. The van der Waals surface area contributed by atoms with Crippen molar-refractivity contribution in [2.75, 3.05) is 18.6 Å². The van der Waals surface area contributed by atoms with Crippen LogP contribution < -0.4 is 9.64 Å². The molecule has 0 fully saturated rings. The molecule has 0 saturated heterocycles. The van der Waals surface area contributed by atoms with Gasteiger partial charge in [-0.1, -0.05) is 29.8 Å². The van der Waals surface area contributed by atoms with Crippen LogP contribution in [-0.4, -0.2) is 46.2 Å². The minimum Gasteiger partial charge on any atom is -0.481 e. The number of likely N-dealkylation sites (N-methyl/N-ethyl adjacent to an activating group) is 1. The number of aromatic nitrogens is 2. The Bertz CT molecular complexity index is 1930. The van der Waals surface area contributed by atoms with Crippen LogP contribution in [0.2, 0.25) is 5.02 Å². The Hall–Kier alpha value is -4.31. The summed E-state index contributed by atoms with van der Waals surface area (Å²) in [6.07, 6.45) is 0.528. The van der Waals surface area contributed by atoms with Gasteiger partial charge in [0.15, 0.2) is 18.5 Å². The zero-order chi connectivity index (χ0) is 31.3. The van der Waals surface area contributed by atoms with Gasteiger partial charge in [0.1, 0.15) is 5.01 Å². The van der Waals surface area contributed by atoms with Crippen LogP contribution in [0, 0.1) is 6.92 Å². The number of thiazole rings is 1. The van der Waals surface area contributed by atoms with E-state index in [1.165, 1.54) is 11.3 Å². The average Bonchev–Trinajstić information content (AvgIpc) is 3.41. The molecule has 1 aliphatic rings. The number of hydrogen-bond donors (Lipinski definition) is 1. The molecule has 0 saturated carbocycles. The van der Waals surface area contributed by atoms with Gasteiger partial charge in [-0.05, 0) is 81.3 Å². The Morgan fingerprint density at radius 1 is 1.11 bits per heavy atom. The normalized spacial score (nSPS) is 14.0. The number of ether oxygens (including phenoxy) is 2. The number of amides is 1. The van der Waals surface area contributed by atoms with Crippen molar-refractivity contribution in [3.05, 3.63) is 83.0 Å². The van der Waals surface area contributed by atoms with Crippen molar-refractivity contribution in [3.8, 4) is 38.7 Å². The van der Waals surface area contributed by atoms with Crippen LogP contribution in [0.3, 0.4) is 0 Å². The fraction of sp³-hybridized carbons (Fsp3) is 0.235. The molecule has 0 spiro atoms. The fourth-order valence-corrected chi connectivity index (χ4v) is 6.63. The molecule has 44 heavy (non-hydrogen) atoms. The van der Waals surface area contributed by atoms with Crippen molar-refractivity contribution in [1.29, 1.82) is 0 Å². The molecule has 6 rings (SSSR count). The lowest BCUT2D eigenvalue weighted by Crippen LogP contribution is -2.35. The van der Waals surface area contributed by atoms with Gasteiger partial charge in [0.05, 0.1) is 27.2 Å². The van der Waals surface area contributed by atoms with Crippen molar-refractivity contribution in [1.82, 2.24) is 9.97 Å². The number of carboxylic acids is 1. The number of carbonyl (C=O) groups excluding carboxylic acids is 1. The Balaban J connectivity index is 1.53. The van der Waals surface area contributed by atoms with Gasteiger partial charge in [-0.2, -0.15) is 0 Å². The SMILES string of the molecule is Cc1cc2nc(-c3ccnc(-c4cccc5c4OCC(=O)N5C)c3)sc2c(-c2ccc(Cl)cc2)c1C(OC(C)(C)C)C(=O)O. The summed E-state index contributed by atoms with van der Waals surface area (Å²) in [5.41, 5.74) is 5.95. The first-order valence-electron chi connectivity index (χ1n) is 14.0. The third kappa shape index (κ3) is 5.54. The zero-order valence-corrected chi connectivity index (χ0v) is 26.4. The largest absolute Gasteiger partial charge is 0.481 e. The smallest absolute Gasteiger partial charge is 0.337 e. The number of para-hydroxylation sites is 1. The van der Waals surface area contributed by atoms with Gasteiger partial charge in [0, 0.05) is 40.5 Å². The molecule has 1 atom stereocenters. The van der Waals surface area contributed by atoms with Crippen LogP contribution in [0.15, 0.2) is 66.9 Å². The van der Waals surface area contributed by atoms with Crippen molar-refractivity contribution in [2.24, 2.45) is 0 Å². The summed E-state index contributed by atoms with van der Waals surface area (Å²) in [7, 11) is 1.73. The van der Waals surface area contributed by atoms with Crippen LogP contribution >= 0.6 is 22.9 Å². The lowest BCUT2D eigenvalue weighted by molar-refractivity contribution is -0.160. The van der Waals surface area contributed by atoms with Gasteiger partial charge in [-0.15, -0.1) is 11.3 Å². The number of anilines is 1. The summed E-state index contributed by atoms with van der Waals surface area (Å²) in [5, 5.41) is 11.7. The first kappa shape index (κ1) is 29.7. The molecule has 1 aliphatic heterocycles. The molecule has 0 bridgehead atoms. The van der Waals surface area contributed by atoms with Crippen LogP contribution in [0.5, 0.6) is 5.75 Å². The number of carbonyl (C=O) groups is 2. The summed E-state index contributed by atoms with van der Waals surface area (Å²) in [4.78, 5) is 36.1. The summed E-state index contributed by atoms with van der Waals surface area (Å²) >= 11 is 7.71. The molecule has 1 amide bonds. The zero-order valence-electron chi connectivity index (χ0n) is 24.8. The molecule has 0 aliphatic carbocycles. The third-order valence-electron chi connectivity index (χ3n) is 7.37. The molecule has 2 aromatic heterocycles. The second-order valence-electron chi connectivity index (χ2n) is 11.6. The predicted octanol–water partition coefficient (Wildman–Crippen LogP) is 7.95. The molecule has 0 radical (unpaired) electrons. The quantitative estimate of drug-likeness (QED) is 0.204. The molecule has 3 heterocycles. The van der Waals surface area contributed by atoms with Crippen LogP contribution in [0.1, 0.15) is 38.0 Å². The molecule has 5 aromatic rings. The van der Waals surface area contributed by atoms with E-state index >= 15 is 0 Å². The van der Waals surface area contributed by atoms with E-state index in [9.17, 15) is 14.7 Å². The molecule has 8 nitrogen and oxygen atoms in total. The number of aryl methyl sites for hydroxylation is 1. The van der Waals surface area contributed by atoms with E-state index in [4.69, 9.17) is 26.1 Å². The number of hydrogen-bond acceptors (Lipinski definition) is 7. The first-order chi connectivity index (χ1) is 20.9. The minimum absolute atomic E-state index is 0.0382. The van der Waals surface area contributed by atoms with Crippen molar-refractivity contribution >= 4 is 50.7 Å². The Labute approximate surface area is 263 Å². The Morgan fingerprint density at radius 2 is 1.86 bits per heavy atom. The minimum atomic E-state index is -1.20. The van der Waals surface area contributed by atoms with Crippen molar-refractivity contribution < 1.29 is 24.2 Å². The molecule has 224 valence electrons. The molecule has 3 aromatic carbocycles. The van der Waals surface area contributed by atoms with Crippen molar-refractivity contribution in [3.63, 3.8) is 0 Å². The number of benzene rings is 3. The lowest BCUT2D eigenvalue weighted by Gasteiger charge is -2.28. The van der Waals surface area contributed by atoms with Crippen LogP contribution in [-0.2, 0) is 14.3 Å². The van der Waals surface area contributed by atoms with E-state index in [2.05, 4.69) is 4.98 Å². The molecule has 10 heteroatoms. The summed E-state index contributed by atoms with van der Waals surface area (Å²) in [6, 6.07) is 18.8. The maximum absolute atomic E-state index is 12.6. The van der Waals surface area contributed by atoms with Gasteiger partial charge >= 0.3 is 5.97 Å². The highest BCUT2D eigenvalue weighted by Crippen LogP contribution is 2.45. The van der Waals surface area contributed by atoms with Crippen LogP contribution in [0.4, 0.5) is 5.69 Å². The number of nitrogens with zero attached hydrogens (tertiary/aromatic N) is 3. The molecule has 1 N–H and O–H groups in total. The van der Waals surface area contributed by atoms with Crippen LogP contribution in [0.25, 0.3) is 43.2 Å². The second kappa shape index (κ2) is 11.3. The van der Waals surface area contributed by atoms with Gasteiger partial charge < -0.3 is 19.5 Å². The highest BCUT2D eigenvalue weighted by molar-refractivity contribution is 7.22. The Kier molecular flexibility index (Phi) is 7.65. The van der Waals surface area contributed by atoms with Gasteiger partial charge in [-0.25, -0.2) is 9.78 Å². The summed E-state index contributed by atoms with van der Waals surface area (Å²) < 4.78 is 12.8. The third-order valence-corrected chi connectivity index (χ3v) is 8.76. The van der Waals surface area contributed by atoms with Gasteiger partial charge in [0.2, 0.25) is 0 Å².